The first-order chi connectivity index (χ1) is 12.0. The van der Waals surface area contributed by atoms with Crippen LogP contribution in [0.4, 0.5) is 32.0 Å². The first kappa shape index (κ1) is 18.1. The number of hydrogen-bond donors (Lipinski definition) is 0. The maximum absolute atomic E-state index is 12.7. The summed E-state index contributed by atoms with van der Waals surface area (Å²) in [5, 5.41) is 0. The second kappa shape index (κ2) is 6.22. The molecule has 138 valence electrons. The average Bonchev–Trinajstić information content (AvgIpc) is 2.80. The molecule has 0 N–H and O–H groups in total. The molecule has 0 saturated heterocycles. The Morgan fingerprint density at radius 2 is 1.54 bits per heavy atom. The van der Waals surface area contributed by atoms with E-state index in [0.717, 1.165) is 12.1 Å². The van der Waals surface area contributed by atoms with Gasteiger partial charge in [-0.1, -0.05) is 24.3 Å². The number of amides is 1. The van der Waals surface area contributed by atoms with Gasteiger partial charge < -0.3 is 9.64 Å². The fourth-order valence-electron chi connectivity index (χ4n) is 2.74. The summed E-state index contributed by atoms with van der Waals surface area (Å²) in [6.07, 6.45) is -9.47. The first-order valence-electron chi connectivity index (χ1n) is 7.38. The van der Waals surface area contributed by atoms with Gasteiger partial charge in [-0.15, -0.1) is 13.2 Å². The summed E-state index contributed by atoms with van der Waals surface area (Å²) in [4.78, 5) is 12.5. The second-order valence-electron chi connectivity index (χ2n) is 5.69. The van der Waals surface area contributed by atoms with Gasteiger partial charge in [-0.2, -0.15) is 13.2 Å². The van der Waals surface area contributed by atoms with Crippen molar-refractivity contribution in [2.45, 2.75) is 19.0 Å². The van der Waals surface area contributed by atoms with E-state index in [9.17, 15) is 31.1 Å². The number of hydrogen-bond acceptors (Lipinski definition) is 2. The monoisotopic (exact) mass is 375 g/mol. The van der Waals surface area contributed by atoms with Crippen molar-refractivity contribution in [1.29, 1.82) is 0 Å². The molecule has 0 spiro atoms. The van der Waals surface area contributed by atoms with Crippen LogP contribution in [0.2, 0.25) is 0 Å². The lowest BCUT2D eigenvalue weighted by molar-refractivity contribution is -0.274. The van der Waals surface area contributed by atoms with Gasteiger partial charge in [-0.25, -0.2) is 0 Å². The molecule has 0 saturated carbocycles. The van der Waals surface area contributed by atoms with E-state index >= 15 is 0 Å². The Labute approximate surface area is 143 Å². The Balaban J connectivity index is 1.88. The zero-order valence-electron chi connectivity index (χ0n) is 13.0. The number of alkyl halides is 6. The quantitative estimate of drug-likeness (QED) is 0.728. The van der Waals surface area contributed by atoms with Crippen LogP contribution in [-0.4, -0.2) is 25.0 Å². The Morgan fingerprint density at radius 1 is 0.923 bits per heavy atom. The van der Waals surface area contributed by atoms with Crippen molar-refractivity contribution in [3.05, 3.63) is 48.0 Å². The highest BCUT2D eigenvalue weighted by molar-refractivity contribution is 6.02. The Morgan fingerprint density at radius 3 is 2.12 bits per heavy atom. The summed E-state index contributed by atoms with van der Waals surface area (Å²) in [7, 11) is 0. The van der Waals surface area contributed by atoms with Crippen LogP contribution in [0.3, 0.4) is 0 Å². The second-order valence-corrected chi connectivity index (χ2v) is 5.69. The molecular weight excluding hydrogens is 364 g/mol. The van der Waals surface area contributed by atoms with Crippen molar-refractivity contribution < 1.29 is 35.9 Å². The molecule has 1 heterocycles. The fourth-order valence-corrected chi connectivity index (χ4v) is 2.74. The number of anilines is 1. The number of carbonyl (C=O) groups is 1. The summed E-state index contributed by atoms with van der Waals surface area (Å²) in [6.45, 7) is -1.39. The van der Waals surface area contributed by atoms with E-state index in [1.54, 1.807) is 12.1 Å². The van der Waals surface area contributed by atoms with Gasteiger partial charge in [0.25, 0.3) is 0 Å². The van der Waals surface area contributed by atoms with Crippen LogP contribution in [0.1, 0.15) is 5.56 Å². The molecule has 3 nitrogen and oxygen atoms in total. The minimum Gasteiger partial charge on any atom is -0.406 e. The maximum Gasteiger partial charge on any atom is 0.573 e. The molecule has 0 aromatic heterocycles. The largest absolute Gasteiger partial charge is 0.573 e. The molecule has 0 bridgehead atoms. The van der Waals surface area contributed by atoms with Crippen LogP contribution in [-0.2, 0) is 11.2 Å². The van der Waals surface area contributed by atoms with Gasteiger partial charge in [-0.05, 0) is 34.9 Å². The van der Waals surface area contributed by atoms with E-state index in [0.29, 0.717) is 21.6 Å². The van der Waals surface area contributed by atoms with Gasteiger partial charge >= 0.3 is 12.5 Å². The fraction of sp³-hybridized carbons (Fsp3) is 0.235. The zero-order valence-corrected chi connectivity index (χ0v) is 13.0. The van der Waals surface area contributed by atoms with Crippen LogP contribution in [0.5, 0.6) is 5.75 Å². The van der Waals surface area contributed by atoms with Gasteiger partial charge in [0.1, 0.15) is 12.3 Å². The van der Waals surface area contributed by atoms with Crippen molar-refractivity contribution in [2.24, 2.45) is 0 Å². The van der Waals surface area contributed by atoms with E-state index in [1.807, 2.05) is 0 Å². The standard InChI is InChI=1S/C17H11F6NO2/c18-16(19,20)9-24-14-7-11(1-2-12(14)8-15(24)25)10-3-5-13(6-4-10)26-17(21,22)23/h1-7H,8-9H2. The third-order valence-electron chi connectivity index (χ3n) is 3.78. The predicted molar refractivity (Wildman–Crippen MR) is 80.7 cm³/mol. The summed E-state index contributed by atoms with van der Waals surface area (Å²) in [6, 6.07) is 9.48. The Kier molecular flexibility index (Phi) is 4.33. The van der Waals surface area contributed by atoms with Crippen LogP contribution in [0.15, 0.2) is 42.5 Å². The van der Waals surface area contributed by atoms with E-state index in [-0.39, 0.29) is 12.1 Å². The molecule has 0 aliphatic carbocycles. The topological polar surface area (TPSA) is 29.5 Å². The highest BCUT2D eigenvalue weighted by Gasteiger charge is 2.37. The number of benzene rings is 2. The zero-order chi connectivity index (χ0) is 19.1. The molecule has 0 fully saturated rings. The first-order valence-corrected chi connectivity index (χ1v) is 7.38. The molecule has 0 atom stereocenters. The van der Waals surface area contributed by atoms with Crippen LogP contribution in [0.25, 0.3) is 11.1 Å². The number of fused-ring (bicyclic) bond motifs is 1. The molecule has 9 heteroatoms. The summed E-state index contributed by atoms with van der Waals surface area (Å²) in [5.41, 5.74) is 1.58. The molecule has 2 aromatic rings. The number of rotatable bonds is 3. The molecular formula is C17H11F6NO2. The smallest absolute Gasteiger partial charge is 0.406 e. The highest BCUT2D eigenvalue weighted by atomic mass is 19.4. The summed E-state index contributed by atoms with van der Waals surface area (Å²) < 4.78 is 78.3. The minimum atomic E-state index is -4.81. The van der Waals surface area contributed by atoms with Gasteiger partial charge in [0, 0.05) is 5.69 Å². The molecule has 1 amide bonds. The van der Waals surface area contributed by atoms with Gasteiger partial charge in [0.2, 0.25) is 5.91 Å². The summed E-state index contributed by atoms with van der Waals surface area (Å²) >= 11 is 0. The number of ether oxygens (including phenoxy) is 1. The van der Waals surface area contributed by atoms with E-state index in [2.05, 4.69) is 4.74 Å². The molecule has 0 unspecified atom stereocenters. The maximum atomic E-state index is 12.7. The number of halogens is 6. The minimum absolute atomic E-state index is 0.121. The van der Waals surface area contributed by atoms with Crippen LogP contribution < -0.4 is 9.64 Å². The molecule has 0 radical (unpaired) electrons. The van der Waals surface area contributed by atoms with E-state index < -0.39 is 30.7 Å². The van der Waals surface area contributed by atoms with Crippen LogP contribution in [0, 0.1) is 0 Å². The van der Waals surface area contributed by atoms with Gasteiger partial charge in [-0.3, -0.25) is 4.79 Å². The lowest BCUT2D eigenvalue weighted by Crippen LogP contribution is -2.36. The predicted octanol–water partition coefficient (Wildman–Crippen LogP) is 4.70. The van der Waals surface area contributed by atoms with Crippen molar-refractivity contribution in [3.63, 3.8) is 0 Å². The Bertz CT molecular complexity index is 827. The molecule has 1 aliphatic rings. The van der Waals surface area contributed by atoms with Gasteiger partial charge in [0.15, 0.2) is 0 Å². The molecule has 1 aliphatic heterocycles. The average molecular weight is 375 g/mol. The number of nitrogens with zero attached hydrogens (tertiary/aromatic N) is 1. The van der Waals surface area contributed by atoms with Crippen molar-refractivity contribution in [2.75, 3.05) is 11.4 Å². The third-order valence-corrected chi connectivity index (χ3v) is 3.78. The lowest BCUT2D eigenvalue weighted by Gasteiger charge is -2.20. The molecule has 3 rings (SSSR count). The number of carbonyl (C=O) groups excluding carboxylic acids is 1. The van der Waals surface area contributed by atoms with Crippen LogP contribution >= 0.6 is 0 Å². The van der Waals surface area contributed by atoms with Crippen molar-refractivity contribution in [1.82, 2.24) is 0 Å². The molecule has 26 heavy (non-hydrogen) atoms. The highest BCUT2D eigenvalue weighted by Crippen LogP contribution is 2.36. The van der Waals surface area contributed by atoms with Crippen molar-refractivity contribution >= 4 is 11.6 Å². The lowest BCUT2D eigenvalue weighted by atomic mass is 10.0. The van der Waals surface area contributed by atoms with E-state index in [1.165, 1.54) is 18.2 Å². The van der Waals surface area contributed by atoms with Crippen molar-refractivity contribution in [3.8, 4) is 16.9 Å². The third kappa shape index (κ3) is 4.09. The summed E-state index contributed by atoms with van der Waals surface area (Å²) in [5.74, 6) is -1.06. The molecule has 2 aromatic carbocycles. The van der Waals surface area contributed by atoms with Gasteiger partial charge in [0.05, 0.1) is 6.42 Å². The van der Waals surface area contributed by atoms with E-state index in [4.69, 9.17) is 0 Å². The SMILES string of the molecule is O=C1Cc2ccc(-c3ccc(OC(F)(F)F)cc3)cc2N1CC(F)(F)F. The normalized spacial score (nSPS) is 14.5. The Hall–Kier alpha value is -2.71.